The topological polar surface area (TPSA) is 58.3 Å². The molecule has 2 bridgehead atoms. The normalized spacial score (nSPS) is 41.8. The SMILES string of the molecule is NCC1(C2(O)CC3CCC(C2)N3)CCc2ccccc2C1. The Labute approximate surface area is 126 Å². The summed E-state index contributed by atoms with van der Waals surface area (Å²) >= 11 is 0. The molecule has 3 nitrogen and oxygen atoms in total. The molecule has 0 spiro atoms. The highest BCUT2D eigenvalue weighted by atomic mass is 16.3. The first-order valence-corrected chi connectivity index (χ1v) is 8.39. The lowest BCUT2D eigenvalue weighted by atomic mass is 9.58. The number of rotatable bonds is 2. The zero-order valence-corrected chi connectivity index (χ0v) is 12.6. The van der Waals surface area contributed by atoms with Crippen LogP contribution in [-0.4, -0.2) is 29.3 Å². The van der Waals surface area contributed by atoms with E-state index in [9.17, 15) is 5.11 Å². The summed E-state index contributed by atoms with van der Waals surface area (Å²) in [5.41, 5.74) is 8.36. The molecule has 21 heavy (non-hydrogen) atoms. The van der Waals surface area contributed by atoms with Crippen molar-refractivity contribution in [1.29, 1.82) is 0 Å². The Kier molecular flexibility index (Phi) is 3.14. The monoisotopic (exact) mass is 286 g/mol. The van der Waals surface area contributed by atoms with Crippen LogP contribution in [0.5, 0.6) is 0 Å². The largest absolute Gasteiger partial charge is 0.389 e. The van der Waals surface area contributed by atoms with Crippen molar-refractivity contribution in [3.8, 4) is 0 Å². The van der Waals surface area contributed by atoms with E-state index in [0.29, 0.717) is 18.6 Å². The van der Waals surface area contributed by atoms with E-state index < -0.39 is 5.60 Å². The highest BCUT2D eigenvalue weighted by molar-refractivity contribution is 5.33. The Hall–Kier alpha value is -0.900. The van der Waals surface area contributed by atoms with Crippen molar-refractivity contribution in [3.05, 3.63) is 35.4 Å². The van der Waals surface area contributed by atoms with Gasteiger partial charge in [-0.1, -0.05) is 24.3 Å². The molecule has 0 saturated carbocycles. The first-order valence-electron chi connectivity index (χ1n) is 8.39. The fraction of sp³-hybridized carbons (Fsp3) is 0.667. The van der Waals surface area contributed by atoms with Crippen LogP contribution in [0.1, 0.15) is 43.2 Å². The second kappa shape index (κ2) is 4.80. The van der Waals surface area contributed by atoms with Crippen molar-refractivity contribution < 1.29 is 5.11 Å². The third-order valence-corrected chi connectivity index (χ3v) is 6.40. The van der Waals surface area contributed by atoms with Crippen LogP contribution in [0.3, 0.4) is 0 Å². The molecule has 114 valence electrons. The van der Waals surface area contributed by atoms with Crippen LogP contribution in [-0.2, 0) is 12.8 Å². The van der Waals surface area contributed by atoms with Gasteiger partial charge in [0.25, 0.3) is 0 Å². The van der Waals surface area contributed by atoms with Crippen LogP contribution in [0.4, 0.5) is 0 Å². The van der Waals surface area contributed by atoms with Gasteiger partial charge in [-0.2, -0.15) is 0 Å². The van der Waals surface area contributed by atoms with E-state index in [4.69, 9.17) is 5.73 Å². The lowest BCUT2D eigenvalue weighted by Crippen LogP contribution is -2.61. The number of benzene rings is 1. The van der Waals surface area contributed by atoms with Crippen LogP contribution < -0.4 is 11.1 Å². The van der Waals surface area contributed by atoms with E-state index in [1.54, 1.807) is 0 Å². The molecule has 2 aliphatic heterocycles. The van der Waals surface area contributed by atoms with E-state index in [1.807, 2.05) is 0 Å². The third-order valence-electron chi connectivity index (χ3n) is 6.40. The standard InChI is InChI=1S/C18H26N2O/c19-12-17(8-7-13-3-1-2-4-14(13)9-17)18(21)10-15-5-6-16(11-18)20-15/h1-4,15-16,20-21H,5-12,19H2. The first-order chi connectivity index (χ1) is 10.1. The molecule has 2 heterocycles. The van der Waals surface area contributed by atoms with Crippen LogP contribution in [0.25, 0.3) is 0 Å². The molecule has 2 saturated heterocycles. The zero-order chi connectivity index (χ0) is 14.5. The number of nitrogens with one attached hydrogen (secondary N) is 1. The summed E-state index contributed by atoms with van der Waals surface area (Å²) in [4.78, 5) is 0. The molecular formula is C18H26N2O. The average Bonchev–Trinajstić information content (AvgIpc) is 2.86. The molecule has 0 amide bonds. The molecule has 1 aromatic carbocycles. The van der Waals surface area contributed by atoms with Crippen LogP contribution in [0.2, 0.25) is 0 Å². The number of hydrogen-bond donors (Lipinski definition) is 3. The minimum absolute atomic E-state index is 0.135. The molecule has 3 heteroatoms. The summed E-state index contributed by atoms with van der Waals surface area (Å²) in [7, 11) is 0. The molecule has 4 N–H and O–H groups in total. The summed E-state index contributed by atoms with van der Waals surface area (Å²) in [6.07, 6.45) is 7.20. The minimum Gasteiger partial charge on any atom is -0.389 e. The molecular weight excluding hydrogens is 260 g/mol. The van der Waals surface area contributed by atoms with E-state index in [1.165, 1.54) is 24.0 Å². The van der Waals surface area contributed by atoms with Crippen LogP contribution in [0, 0.1) is 5.41 Å². The van der Waals surface area contributed by atoms with E-state index in [-0.39, 0.29) is 5.41 Å². The fourth-order valence-corrected chi connectivity index (χ4v) is 5.12. The quantitative estimate of drug-likeness (QED) is 0.776. The maximum absolute atomic E-state index is 11.5. The van der Waals surface area contributed by atoms with Crippen molar-refractivity contribution in [3.63, 3.8) is 0 Å². The maximum Gasteiger partial charge on any atom is 0.0748 e. The second-order valence-electron chi connectivity index (χ2n) is 7.51. The summed E-state index contributed by atoms with van der Waals surface area (Å²) in [6.45, 7) is 0.595. The third kappa shape index (κ3) is 2.06. The second-order valence-corrected chi connectivity index (χ2v) is 7.51. The Morgan fingerprint density at radius 2 is 1.81 bits per heavy atom. The lowest BCUT2D eigenvalue weighted by molar-refractivity contribution is -0.118. The first kappa shape index (κ1) is 13.7. The highest BCUT2D eigenvalue weighted by Crippen LogP contribution is 2.50. The predicted octanol–water partition coefficient (Wildman–Crippen LogP) is 1.77. The van der Waals surface area contributed by atoms with Crippen LogP contribution in [0.15, 0.2) is 24.3 Å². The molecule has 2 fully saturated rings. The lowest BCUT2D eigenvalue weighted by Gasteiger charge is -2.53. The van der Waals surface area contributed by atoms with Gasteiger partial charge in [0.1, 0.15) is 0 Å². The van der Waals surface area contributed by atoms with Gasteiger partial charge < -0.3 is 16.2 Å². The number of fused-ring (bicyclic) bond motifs is 3. The highest BCUT2D eigenvalue weighted by Gasteiger charge is 2.55. The zero-order valence-electron chi connectivity index (χ0n) is 12.6. The summed E-state index contributed by atoms with van der Waals surface area (Å²) < 4.78 is 0. The Morgan fingerprint density at radius 1 is 1.14 bits per heavy atom. The smallest absolute Gasteiger partial charge is 0.0748 e. The van der Waals surface area contributed by atoms with Gasteiger partial charge in [0.15, 0.2) is 0 Å². The summed E-state index contributed by atoms with van der Waals surface area (Å²) in [5, 5.41) is 15.2. The van der Waals surface area contributed by atoms with Gasteiger partial charge in [-0.25, -0.2) is 0 Å². The van der Waals surface area contributed by atoms with Crippen molar-refractivity contribution >= 4 is 0 Å². The maximum atomic E-state index is 11.5. The van der Waals surface area contributed by atoms with Crippen molar-refractivity contribution in [1.82, 2.24) is 5.32 Å². The number of nitrogens with two attached hydrogens (primary N) is 1. The predicted molar refractivity (Wildman–Crippen MR) is 84.1 cm³/mol. The Morgan fingerprint density at radius 3 is 2.48 bits per heavy atom. The molecule has 0 radical (unpaired) electrons. The fourth-order valence-electron chi connectivity index (χ4n) is 5.12. The van der Waals surface area contributed by atoms with E-state index in [2.05, 4.69) is 29.6 Å². The molecule has 3 atom stereocenters. The number of aryl methyl sites for hydroxylation is 1. The number of hydrogen-bond acceptors (Lipinski definition) is 3. The van der Waals surface area contributed by atoms with E-state index in [0.717, 1.165) is 32.1 Å². The average molecular weight is 286 g/mol. The van der Waals surface area contributed by atoms with Crippen molar-refractivity contribution in [2.75, 3.05) is 6.54 Å². The molecule has 3 unspecified atom stereocenters. The van der Waals surface area contributed by atoms with Gasteiger partial charge in [0.05, 0.1) is 5.60 Å². The van der Waals surface area contributed by atoms with Gasteiger partial charge in [0, 0.05) is 24.0 Å². The molecule has 1 aromatic rings. The van der Waals surface area contributed by atoms with Gasteiger partial charge in [-0.3, -0.25) is 0 Å². The van der Waals surface area contributed by atoms with Crippen LogP contribution >= 0.6 is 0 Å². The Bertz CT molecular complexity index is 532. The van der Waals surface area contributed by atoms with Gasteiger partial charge in [-0.05, 0) is 56.1 Å². The molecule has 3 aliphatic rings. The summed E-state index contributed by atoms with van der Waals surface area (Å²) in [5.74, 6) is 0. The summed E-state index contributed by atoms with van der Waals surface area (Å²) in [6, 6.07) is 9.67. The minimum atomic E-state index is -0.591. The van der Waals surface area contributed by atoms with Gasteiger partial charge in [0.2, 0.25) is 0 Å². The Balaban J connectivity index is 1.68. The van der Waals surface area contributed by atoms with Gasteiger partial charge >= 0.3 is 0 Å². The number of piperidine rings is 1. The molecule has 1 aliphatic carbocycles. The van der Waals surface area contributed by atoms with E-state index >= 15 is 0 Å². The van der Waals surface area contributed by atoms with Gasteiger partial charge in [-0.15, -0.1) is 0 Å². The molecule has 0 aromatic heterocycles. The number of aliphatic hydroxyl groups is 1. The molecule has 4 rings (SSSR count). The van der Waals surface area contributed by atoms with Crippen molar-refractivity contribution in [2.45, 2.75) is 62.6 Å². The van der Waals surface area contributed by atoms with Crippen molar-refractivity contribution in [2.24, 2.45) is 11.1 Å².